The van der Waals surface area contributed by atoms with E-state index in [9.17, 15) is 0 Å². The fraction of sp³-hybridized carbons (Fsp3) is 0.538. The van der Waals surface area contributed by atoms with Gasteiger partial charge in [-0.25, -0.2) is 0 Å². The lowest BCUT2D eigenvalue weighted by Crippen LogP contribution is -2.40. The van der Waals surface area contributed by atoms with Crippen LogP contribution in [-0.2, 0) is 6.54 Å². The Morgan fingerprint density at radius 3 is 2.50 bits per heavy atom. The van der Waals surface area contributed by atoms with Gasteiger partial charge in [0, 0.05) is 17.5 Å². The van der Waals surface area contributed by atoms with Crippen LogP contribution < -0.4 is 5.32 Å². The average Bonchev–Trinajstić information content (AvgIpc) is 2.30. The van der Waals surface area contributed by atoms with Crippen LogP contribution in [0.5, 0.6) is 0 Å². The number of rotatable bonds is 3. The highest BCUT2D eigenvalue weighted by molar-refractivity contribution is 7.80. The minimum Gasteiger partial charge on any atom is -0.310 e. The zero-order valence-corrected chi connectivity index (χ0v) is 10.7. The number of piperidine rings is 1. The molecule has 3 heteroatoms. The Labute approximate surface area is 103 Å². The molecule has 1 fully saturated rings. The molecule has 16 heavy (non-hydrogen) atoms. The lowest BCUT2D eigenvalue weighted by Gasteiger charge is -2.29. The monoisotopic (exact) mass is 236 g/mol. The van der Waals surface area contributed by atoms with Crippen LogP contribution in [0.1, 0.15) is 18.4 Å². The second-order valence-corrected chi connectivity index (χ2v) is 5.14. The quantitative estimate of drug-likeness (QED) is 0.782. The highest BCUT2D eigenvalue weighted by atomic mass is 32.1. The first-order valence-corrected chi connectivity index (χ1v) is 6.38. The molecule has 1 saturated heterocycles. The molecule has 1 heterocycles. The van der Waals surface area contributed by atoms with Crippen molar-refractivity contribution in [1.82, 2.24) is 10.2 Å². The van der Waals surface area contributed by atoms with Crippen LogP contribution in [0, 0.1) is 0 Å². The molecule has 2 rings (SSSR count). The third-order valence-electron chi connectivity index (χ3n) is 3.25. The second kappa shape index (κ2) is 5.71. The number of thiol groups is 1. The van der Waals surface area contributed by atoms with E-state index in [-0.39, 0.29) is 0 Å². The molecular formula is C13H20N2S. The SMILES string of the molecule is CN1CCC(NCc2ccc(S)cc2)CC1. The second-order valence-electron chi connectivity index (χ2n) is 4.62. The summed E-state index contributed by atoms with van der Waals surface area (Å²) in [5.41, 5.74) is 1.34. The molecule has 0 amide bonds. The normalized spacial score (nSPS) is 18.9. The van der Waals surface area contributed by atoms with Crippen LogP contribution in [0.15, 0.2) is 29.2 Å². The summed E-state index contributed by atoms with van der Waals surface area (Å²) in [4.78, 5) is 3.43. The van der Waals surface area contributed by atoms with E-state index in [2.05, 4.69) is 54.2 Å². The van der Waals surface area contributed by atoms with Crippen molar-refractivity contribution in [1.29, 1.82) is 0 Å². The molecule has 0 atom stereocenters. The van der Waals surface area contributed by atoms with Gasteiger partial charge in [0.15, 0.2) is 0 Å². The van der Waals surface area contributed by atoms with Crippen molar-refractivity contribution in [2.75, 3.05) is 20.1 Å². The summed E-state index contributed by atoms with van der Waals surface area (Å²) >= 11 is 4.29. The first kappa shape index (κ1) is 12.0. The molecule has 0 aliphatic carbocycles. The maximum absolute atomic E-state index is 4.29. The van der Waals surface area contributed by atoms with E-state index in [0.29, 0.717) is 6.04 Å². The summed E-state index contributed by atoms with van der Waals surface area (Å²) in [5.74, 6) is 0. The molecule has 0 bridgehead atoms. The molecule has 0 radical (unpaired) electrons. The lowest BCUT2D eigenvalue weighted by molar-refractivity contribution is 0.234. The van der Waals surface area contributed by atoms with Gasteiger partial charge < -0.3 is 10.2 Å². The number of nitrogens with one attached hydrogen (secondary N) is 1. The van der Waals surface area contributed by atoms with E-state index in [1.807, 2.05) is 0 Å². The van der Waals surface area contributed by atoms with Gasteiger partial charge in [-0.2, -0.15) is 0 Å². The van der Waals surface area contributed by atoms with E-state index in [1.54, 1.807) is 0 Å². The van der Waals surface area contributed by atoms with E-state index in [4.69, 9.17) is 0 Å². The third kappa shape index (κ3) is 3.51. The summed E-state index contributed by atoms with van der Waals surface area (Å²) < 4.78 is 0. The Morgan fingerprint density at radius 1 is 1.25 bits per heavy atom. The van der Waals surface area contributed by atoms with Gasteiger partial charge in [-0.3, -0.25) is 0 Å². The van der Waals surface area contributed by atoms with Crippen LogP contribution in [0.25, 0.3) is 0 Å². The van der Waals surface area contributed by atoms with Crippen LogP contribution in [0.3, 0.4) is 0 Å². The number of hydrogen-bond acceptors (Lipinski definition) is 3. The third-order valence-corrected chi connectivity index (χ3v) is 3.55. The Bertz CT molecular complexity index is 315. The standard InChI is InChI=1S/C13H20N2S/c1-15-8-6-12(7-9-15)14-10-11-2-4-13(16)5-3-11/h2-5,12,14,16H,6-10H2,1H3. The van der Waals surface area contributed by atoms with E-state index in [0.717, 1.165) is 11.4 Å². The molecular weight excluding hydrogens is 216 g/mol. The van der Waals surface area contributed by atoms with Gasteiger partial charge in [0.05, 0.1) is 0 Å². The van der Waals surface area contributed by atoms with E-state index < -0.39 is 0 Å². The van der Waals surface area contributed by atoms with Gasteiger partial charge >= 0.3 is 0 Å². The van der Waals surface area contributed by atoms with Crippen LogP contribution in [-0.4, -0.2) is 31.1 Å². The topological polar surface area (TPSA) is 15.3 Å². The summed E-state index contributed by atoms with van der Waals surface area (Å²) in [6.07, 6.45) is 2.53. The molecule has 0 saturated carbocycles. The Balaban J connectivity index is 1.77. The van der Waals surface area contributed by atoms with Gasteiger partial charge in [0.25, 0.3) is 0 Å². The Kier molecular flexibility index (Phi) is 4.27. The fourth-order valence-electron chi connectivity index (χ4n) is 2.09. The zero-order chi connectivity index (χ0) is 11.4. The number of likely N-dealkylation sites (tertiary alicyclic amines) is 1. The molecule has 2 nitrogen and oxygen atoms in total. The lowest BCUT2D eigenvalue weighted by atomic mass is 10.1. The van der Waals surface area contributed by atoms with Gasteiger partial charge in [-0.05, 0) is 50.7 Å². The summed E-state index contributed by atoms with van der Waals surface area (Å²) in [6, 6.07) is 9.07. The summed E-state index contributed by atoms with van der Waals surface area (Å²) in [6.45, 7) is 3.41. The smallest absolute Gasteiger partial charge is 0.0208 e. The van der Waals surface area contributed by atoms with Crippen molar-refractivity contribution >= 4 is 12.6 Å². The van der Waals surface area contributed by atoms with Crippen LogP contribution >= 0.6 is 12.6 Å². The van der Waals surface area contributed by atoms with Gasteiger partial charge in [-0.1, -0.05) is 12.1 Å². The molecule has 1 aromatic rings. The maximum Gasteiger partial charge on any atom is 0.0208 e. The Morgan fingerprint density at radius 2 is 1.88 bits per heavy atom. The van der Waals surface area contributed by atoms with Crippen molar-refractivity contribution in [3.05, 3.63) is 29.8 Å². The predicted molar refractivity (Wildman–Crippen MR) is 71.1 cm³/mol. The van der Waals surface area contributed by atoms with Crippen molar-refractivity contribution < 1.29 is 0 Å². The first-order chi connectivity index (χ1) is 7.74. The van der Waals surface area contributed by atoms with Crippen molar-refractivity contribution in [2.45, 2.75) is 30.3 Å². The van der Waals surface area contributed by atoms with Crippen molar-refractivity contribution in [3.8, 4) is 0 Å². The first-order valence-electron chi connectivity index (χ1n) is 5.94. The average molecular weight is 236 g/mol. The van der Waals surface area contributed by atoms with Crippen LogP contribution in [0.2, 0.25) is 0 Å². The van der Waals surface area contributed by atoms with Crippen molar-refractivity contribution in [3.63, 3.8) is 0 Å². The summed E-state index contributed by atoms with van der Waals surface area (Å²) in [5, 5.41) is 3.63. The molecule has 1 aromatic carbocycles. The number of nitrogens with zero attached hydrogens (tertiary/aromatic N) is 1. The van der Waals surface area contributed by atoms with E-state index in [1.165, 1.54) is 31.5 Å². The van der Waals surface area contributed by atoms with Gasteiger partial charge in [0.1, 0.15) is 0 Å². The zero-order valence-electron chi connectivity index (χ0n) is 9.82. The van der Waals surface area contributed by atoms with Crippen LogP contribution in [0.4, 0.5) is 0 Å². The molecule has 0 unspecified atom stereocenters. The predicted octanol–water partition coefficient (Wildman–Crippen LogP) is 2.16. The largest absolute Gasteiger partial charge is 0.310 e. The van der Waals surface area contributed by atoms with Gasteiger partial charge in [0.2, 0.25) is 0 Å². The number of hydrogen-bond donors (Lipinski definition) is 2. The Hall–Kier alpha value is -0.510. The molecule has 0 aromatic heterocycles. The van der Waals surface area contributed by atoms with E-state index >= 15 is 0 Å². The summed E-state index contributed by atoms with van der Waals surface area (Å²) in [7, 11) is 2.20. The molecule has 88 valence electrons. The fourth-order valence-corrected chi connectivity index (χ4v) is 2.24. The maximum atomic E-state index is 4.29. The number of benzene rings is 1. The highest BCUT2D eigenvalue weighted by Crippen LogP contribution is 2.11. The minimum absolute atomic E-state index is 0.687. The minimum atomic E-state index is 0.687. The van der Waals surface area contributed by atoms with Crippen molar-refractivity contribution in [2.24, 2.45) is 0 Å². The molecule has 1 aliphatic rings. The molecule has 1 aliphatic heterocycles. The van der Waals surface area contributed by atoms with Gasteiger partial charge in [-0.15, -0.1) is 12.6 Å². The molecule has 0 spiro atoms. The highest BCUT2D eigenvalue weighted by Gasteiger charge is 2.15. The molecule has 1 N–H and O–H groups in total.